The molecule has 0 aromatic heterocycles. The highest BCUT2D eigenvalue weighted by Gasteiger charge is 2.21. The third-order valence-electron chi connectivity index (χ3n) is 2.50. The van der Waals surface area contributed by atoms with E-state index in [1.165, 1.54) is 31.0 Å². The largest absolute Gasteiger partial charge is 0.481 e. The van der Waals surface area contributed by atoms with Crippen LogP contribution in [0.3, 0.4) is 0 Å². The van der Waals surface area contributed by atoms with E-state index in [9.17, 15) is 13.2 Å². The number of carbonyl (C=O) groups excluding carboxylic acids is 1. The van der Waals surface area contributed by atoms with Crippen molar-refractivity contribution in [2.75, 3.05) is 25.6 Å². The van der Waals surface area contributed by atoms with Gasteiger partial charge in [-0.15, -0.1) is 11.8 Å². The van der Waals surface area contributed by atoms with Gasteiger partial charge >= 0.3 is 5.97 Å². The van der Waals surface area contributed by atoms with Gasteiger partial charge in [-0.3, -0.25) is 0 Å². The van der Waals surface area contributed by atoms with Gasteiger partial charge in [0.1, 0.15) is 16.6 Å². The van der Waals surface area contributed by atoms with Crippen LogP contribution < -0.4 is 4.74 Å². The maximum Gasteiger partial charge on any atom is 0.338 e. The van der Waals surface area contributed by atoms with Crippen LogP contribution in [0.25, 0.3) is 0 Å². The maximum absolute atomic E-state index is 11.7. The van der Waals surface area contributed by atoms with Crippen molar-refractivity contribution in [1.82, 2.24) is 0 Å². The predicted molar refractivity (Wildman–Crippen MR) is 74.6 cm³/mol. The first-order valence-electron chi connectivity index (χ1n) is 5.36. The molecule has 0 unspecified atom stereocenters. The number of esters is 1. The molecule has 0 atom stereocenters. The Kier molecular flexibility index (Phi) is 5.25. The Hall–Kier alpha value is -1.21. The summed E-state index contributed by atoms with van der Waals surface area (Å²) >= 11 is 1.41. The van der Waals surface area contributed by atoms with Crippen LogP contribution in [0.4, 0.5) is 0 Å². The fourth-order valence-corrected chi connectivity index (χ4v) is 2.69. The summed E-state index contributed by atoms with van der Waals surface area (Å²) in [4.78, 5) is 11.7. The van der Waals surface area contributed by atoms with Gasteiger partial charge in [-0.2, -0.15) is 0 Å². The van der Waals surface area contributed by atoms with Crippen molar-refractivity contribution in [2.45, 2.75) is 11.8 Å². The van der Waals surface area contributed by atoms with Crippen LogP contribution in [0.2, 0.25) is 0 Å². The molecular weight excluding hydrogens is 288 g/mol. The molecule has 5 nitrogen and oxygen atoms in total. The number of thioether (sulfide) groups is 1. The fraction of sp³-hybridized carbons (Fsp3) is 0.417. The highest BCUT2D eigenvalue weighted by Crippen LogP contribution is 2.31. The Labute approximate surface area is 117 Å². The summed E-state index contributed by atoms with van der Waals surface area (Å²) in [6.45, 7) is 1.64. The first-order chi connectivity index (χ1) is 8.82. The van der Waals surface area contributed by atoms with Gasteiger partial charge < -0.3 is 9.47 Å². The molecular formula is C12H16O5S2. The van der Waals surface area contributed by atoms with E-state index in [1.54, 1.807) is 6.92 Å². The van der Waals surface area contributed by atoms with Crippen LogP contribution >= 0.6 is 11.8 Å². The lowest BCUT2D eigenvalue weighted by atomic mass is 10.1. The molecule has 1 aromatic rings. The van der Waals surface area contributed by atoms with Gasteiger partial charge in [0, 0.05) is 11.8 Å². The summed E-state index contributed by atoms with van der Waals surface area (Å²) in [5, 5.41) is 0. The van der Waals surface area contributed by atoms with Crippen molar-refractivity contribution >= 4 is 27.6 Å². The molecule has 106 valence electrons. The van der Waals surface area contributed by atoms with E-state index in [0.29, 0.717) is 17.1 Å². The summed E-state index contributed by atoms with van der Waals surface area (Å²) in [6.07, 6.45) is 2.94. The zero-order valence-corrected chi connectivity index (χ0v) is 12.9. The molecule has 0 heterocycles. The molecule has 0 amide bonds. The molecule has 0 bridgehead atoms. The minimum absolute atomic E-state index is 0.0757. The molecule has 0 saturated carbocycles. The van der Waals surface area contributed by atoms with E-state index in [2.05, 4.69) is 4.74 Å². The van der Waals surface area contributed by atoms with Crippen LogP contribution in [-0.2, 0) is 14.6 Å². The molecule has 0 aliphatic heterocycles. The zero-order chi connectivity index (χ0) is 14.6. The second-order valence-corrected chi connectivity index (χ2v) is 6.68. The topological polar surface area (TPSA) is 69.7 Å². The van der Waals surface area contributed by atoms with Crippen molar-refractivity contribution in [2.24, 2.45) is 0 Å². The Bertz CT molecular complexity index is 578. The summed E-state index contributed by atoms with van der Waals surface area (Å²) in [5.74, 6) is -0.0140. The van der Waals surface area contributed by atoms with Gasteiger partial charge in [0.2, 0.25) is 0 Å². The third-order valence-corrected chi connectivity index (χ3v) is 3.97. The summed E-state index contributed by atoms with van der Waals surface area (Å²) in [6, 6.07) is 2.80. The molecule has 0 aliphatic carbocycles. The van der Waals surface area contributed by atoms with Crippen molar-refractivity contribution in [3.8, 4) is 5.75 Å². The summed E-state index contributed by atoms with van der Waals surface area (Å²) < 4.78 is 33.5. The van der Waals surface area contributed by atoms with Gasteiger partial charge in [-0.25, -0.2) is 13.2 Å². The average molecular weight is 304 g/mol. The number of methoxy groups -OCH3 is 1. The van der Waals surface area contributed by atoms with Crippen LogP contribution in [0.5, 0.6) is 5.75 Å². The lowest BCUT2D eigenvalue weighted by Crippen LogP contribution is -2.10. The quantitative estimate of drug-likeness (QED) is 0.611. The minimum atomic E-state index is -3.42. The maximum atomic E-state index is 11.7. The number of sulfone groups is 1. The number of hydrogen-bond donors (Lipinski definition) is 0. The monoisotopic (exact) mass is 304 g/mol. The van der Waals surface area contributed by atoms with Crippen LogP contribution in [0.15, 0.2) is 17.0 Å². The zero-order valence-electron chi connectivity index (χ0n) is 11.2. The average Bonchev–Trinajstić information content (AvgIpc) is 2.34. The number of rotatable bonds is 5. The Morgan fingerprint density at radius 2 is 2.00 bits per heavy atom. The second-order valence-electron chi connectivity index (χ2n) is 3.88. The molecule has 1 aromatic carbocycles. The molecule has 0 aliphatic rings. The first kappa shape index (κ1) is 15.8. The predicted octanol–water partition coefficient (Wildman–Crippen LogP) is 1.88. The van der Waals surface area contributed by atoms with Crippen LogP contribution in [-0.4, -0.2) is 39.9 Å². The molecule has 0 radical (unpaired) electrons. The molecule has 19 heavy (non-hydrogen) atoms. The van der Waals surface area contributed by atoms with Crippen molar-refractivity contribution in [3.63, 3.8) is 0 Å². The number of benzene rings is 1. The third kappa shape index (κ3) is 3.63. The second kappa shape index (κ2) is 6.29. The number of ether oxygens (including phenoxy) is 2. The van der Waals surface area contributed by atoms with E-state index < -0.39 is 15.8 Å². The van der Waals surface area contributed by atoms with E-state index in [4.69, 9.17) is 4.74 Å². The van der Waals surface area contributed by atoms with E-state index >= 15 is 0 Å². The highest BCUT2D eigenvalue weighted by atomic mass is 32.2. The van der Waals surface area contributed by atoms with Gasteiger partial charge in [0.25, 0.3) is 0 Å². The lowest BCUT2D eigenvalue weighted by molar-refractivity contribution is 0.0599. The summed E-state index contributed by atoms with van der Waals surface area (Å²) in [7, 11) is -2.15. The fourth-order valence-electron chi connectivity index (χ4n) is 1.59. The molecule has 7 heteroatoms. The van der Waals surface area contributed by atoms with Crippen LogP contribution in [0, 0.1) is 6.92 Å². The van der Waals surface area contributed by atoms with E-state index in [1.807, 2.05) is 6.26 Å². The number of hydrogen-bond acceptors (Lipinski definition) is 6. The molecule has 0 fully saturated rings. The number of carbonyl (C=O) groups is 1. The molecule has 0 N–H and O–H groups in total. The standard InChI is InChI=1S/C12H16O5S2/c1-8-9(12(13)16-2)5-6-10(19(4,14)15)11(8)17-7-18-3/h5-6H,7H2,1-4H3. The Morgan fingerprint density at radius 3 is 2.47 bits per heavy atom. The van der Waals surface area contributed by atoms with Crippen molar-refractivity contribution < 1.29 is 22.7 Å². The minimum Gasteiger partial charge on any atom is -0.481 e. The van der Waals surface area contributed by atoms with Gasteiger partial charge in [0.15, 0.2) is 9.84 Å². The van der Waals surface area contributed by atoms with Gasteiger partial charge in [-0.05, 0) is 25.3 Å². The van der Waals surface area contributed by atoms with Crippen LogP contribution in [0.1, 0.15) is 15.9 Å². The highest BCUT2D eigenvalue weighted by molar-refractivity contribution is 7.98. The van der Waals surface area contributed by atoms with Gasteiger partial charge in [-0.1, -0.05) is 0 Å². The van der Waals surface area contributed by atoms with Crippen molar-refractivity contribution in [3.05, 3.63) is 23.3 Å². The first-order valence-corrected chi connectivity index (χ1v) is 8.65. The summed E-state index contributed by atoms with van der Waals surface area (Å²) in [5.41, 5.74) is 0.759. The van der Waals surface area contributed by atoms with E-state index in [0.717, 1.165) is 6.26 Å². The normalized spacial score (nSPS) is 11.2. The Balaban J connectivity index is 3.45. The smallest absolute Gasteiger partial charge is 0.338 e. The SMILES string of the molecule is COC(=O)c1ccc(S(C)(=O)=O)c(OCSC)c1C. The lowest BCUT2D eigenvalue weighted by Gasteiger charge is -2.14. The van der Waals surface area contributed by atoms with E-state index in [-0.39, 0.29) is 10.6 Å². The molecule has 0 saturated heterocycles. The molecule has 0 spiro atoms. The Morgan fingerprint density at radius 1 is 1.37 bits per heavy atom. The van der Waals surface area contributed by atoms with Crippen molar-refractivity contribution in [1.29, 1.82) is 0 Å². The molecule has 1 rings (SSSR count). The van der Waals surface area contributed by atoms with Gasteiger partial charge in [0.05, 0.1) is 12.7 Å².